The molecule has 0 spiro atoms. The maximum absolute atomic E-state index is 12.6. The average Bonchev–Trinajstić information content (AvgIpc) is 2.65. The van der Waals surface area contributed by atoms with Gasteiger partial charge in [-0.3, -0.25) is 4.79 Å². The van der Waals surface area contributed by atoms with Crippen molar-refractivity contribution in [1.29, 1.82) is 5.26 Å². The minimum atomic E-state index is -0.0953. The summed E-state index contributed by atoms with van der Waals surface area (Å²) in [6, 6.07) is 15.1. The summed E-state index contributed by atoms with van der Waals surface area (Å²) in [5.74, 6) is 0.314. The smallest absolute Gasteiger partial charge is 0.260 e. The van der Waals surface area contributed by atoms with Crippen LogP contribution in [-0.2, 0) is 11.2 Å². The lowest BCUT2D eigenvalue weighted by molar-refractivity contribution is -0.134. The van der Waals surface area contributed by atoms with Crippen molar-refractivity contribution in [1.82, 2.24) is 4.90 Å². The van der Waals surface area contributed by atoms with E-state index in [-0.39, 0.29) is 18.6 Å². The second kappa shape index (κ2) is 7.58. The van der Waals surface area contributed by atoms with Crippen molar-refractivity contribution in [2.45, 2.75) is 25.3 Å². The summed E-state index contributed by atoms with van der Waals surface area (Å²) in [7, 11) is 1.82. The molecule has 0 fully saturated rings. The molecule has 0 bridgehead atoms. The molecule has 0 heterocycles. The number of amides is 1. The molecule has 2 aromatic rings. The zero-order valence-corrected chi connectivity index (χ0v) is 14.8. The summed E-state index contributed by atoms with van der Waals surface area (Å²) in [5.41, 5.74) is 3.00. The second-order valence-electron chi connectivity index (χ2n) is 6.16. The predicted molar refractivity (Wildman–Crippen MR) is 96.6 cm³/mol. The highest BCUT2D eigenvalue weighted by Gasteiger charge is 2.26. The first-order chi connectivity index (χ1) is 12.1. The first-order valence-corrected chi connectivity index (χ1v) is 8.64. The second-order valence-corrected chi connectivity index (χ2v) is 6.56. The molecule has 0 saturated carbocycles. The maximum atomic E-state index is 12.6. The van der Waals surface area contributed by atoms with Crippen molar-refractivity contribution < 1.29 is 9.53 Å². The molecule has 4 nitrogen and oxygen atoms in total. The lowest BCUT2D eigenvalue weighted by Crippen LogP contribution is -2.36. The molecule has 1 amide bonds. The maximum Gasteiger partial charge on any atom is 0.260 e. The van der Waals surface area contributed by atoms with Crippen LogP contribution < -0.4 is 4.74 Å². The van der Waals surface area contributed by atoms with Crippen LogP contribution in [0.4, 0.5) is 0 Å². The molecule has 0 aliphatic heterocycles. The van der Waals surface area contributed by atoms with Crippen molar-refractivity contribution in [3.05, 3.63) is 64.2 Å². The highest BCUT2D eigenvalue weighted by molar-refractivity contribution is 6.32. The minimum absolute atomic E-state index is 0.0810. The number of ether oxygens (including phenoxy) is 1. The number of hydrogen-bond acceptors (Lipinski definition) is 3. The van der Waals surface area contributed by atoms with Crippen LogP contribution in [0.1, 0.15) is 35.6 Å². The van der Waals surface area contributed by atoms with E-state index in [0.717, 1.165) is 19.3 Å². The topological polar surface area (TPSA) is 53.3 Å². The predicted octanol–water partition coefficient (Wildman–Crippen LogP) is 4.13. The normalized spacial score (nSPS) is 15.8. The Morgan fingerprint density at radius 1 is 1.36 bits per heavy atom. The number of benzene rings is 2. The van der Waals surface area contributed by atoms with Crippen LogP contribution >= 0.6 is 11.6 Å². The van der Waals surface area contributed by atoms with Crippen LogP contribution in [-0.4, -0.2) is 24.5 Å². The zero-order valence-electron chi connectivity index (χ0n) is 14.0. The Balaban J connectivity index is 1.67. The molecule has 1 unspecified atom stereocenters. The number of nitriles is 1. The van der Waals surface area contributed by atoms with Crippen molar-refractivity contribution in [3.63, 3.8) is 0 Å². The Hall–Kier alpha value is -2.51. The van der Waals surface area contributed by atoms with Gasteiger partial charge in [-0.2, -0.15) is 5.26 Å². The van der Waals surface area contributed by atoms with E-state index in [0.29, 0.717) is 16.3 Å². The zero-order chi connectivity index (χ0) is 17.8. The van der Waals surface area contributed by atoms with E-state index in [4.69, 9.17) is 21.6 Å². The number of carbonyl (C=O) groups excluding carboxylic acids is 1. The molecule has 0 N–H and O–H groups in total. The number of carbonyl (C=O) groups is 1. The van der Waals surface area contributed by atoms with E-state index >= 15 is 0 Å². The first kappa shape index (κ1) is 17.3. The molecule has 0 aromatic heterocycles. The first-order valence-electron chi connectivity index (χ1n) is 8.26. The SMILES string of the molecule is CN(C(=O)COc1ccc(C#N)cc1Cl)C1CCCc2ccccc21. The molecule has 1 aliphatic rings. The van der Waals surface area contributed by atoms with Gasteiger partial charge in [0.1, 0.15) is 5.75 Å². The van der Waals surface area contributed by atoms with Crippen LogP contribution in [0.5, 0.6) is 5.75 Å². The Labute approximate surface area is 152 Å². The third kappa shape index (κ3) is 3.78. The number of fused-ring (bicyclic) bond motifs is 1. The Kier molecular flexibility index (Phi) is 5.25. The molecule has 5 heteroatoms. The van der Waals surface area contributed by atoms with Gasteiger partial charge in [0, 0.05) is 7.05 Å². The van der Waals surface area contributed by atoms with Gasteiger partial charge in [-0.25, -0.2) is 0 Å². The van der Waals surface area contributed by atoms with E-state index in [2.05, 4.69) is 12.1 Å². The van der Waals surface area contributed by atoms with Crippen LogP contribution in [0.2, 0.25) is 5.02 Å². The van der Waals surface area contributed by atoms with Gasteiger partial charge >= 0.3 is 0 Å². The van der Waals surface area contributed by atoms with Gasteiger partial charge in [-0.15, -0.1) is 0 Å². The van der Waals surface area contributed by atoms with Crippen LogP contribution in [0.25, 0.3) is 0 Å². The van der Waals surface area contributed by atoms with Gasteiger partial charge in [0.15, 0.2) is 6.61 Å². The molecule has 0 radical (unpaired) electrons. The monoisotopic (exact) mass is 354 g/mol. The average molecular weight is 355 g/mol. The van der Waals surface area contributed by atoms with Crippen molar-refractivity contribution >= 4 is 17.5 Å². The molecule has 1 atom stereocenters. The third-order valence-electron chi connectivity index (χ3n) is 4.61. The van der Waals surface area contributed by atoms with Crippen molar-refractivity contribution in [2.24, 2.45) is 0 Å². The van der Waals surface area contributed by atoms with E-state index in [1.165, 1.54) is 17.2 Å². The lowest BCUT2D eigenvalue weighted by Gasteiger charge is -2.33. The number of likely N-dealkylation sites (N-methyl/N-ethyl adjacent to an activating group) is 1. The largest absolute Gasteiger partial charge is 0.482 e. The van der Waals surface area contributed by atoms with Gasteiger partial charge in [0.25, 0.3) is 5.91 Å². The van der Waals surface area contributed by atoms with Gasteiger partial charge < -0.3 is 9.64 Å². The van der Waals surface area contributed by atoms with Gasteiger partial charge in [-0.1, -0.05) is 35.9 Å². The van der Waals surface area contributed by atoms with E-state index in [1.54, 1.807) is 17.0 Å². The number of rotatable bonds is 4. The number of halogens is 1. The fraction of sp³-hybridized carbons (Fsp3) is 0.300. The molecule has 2 aromatic carbocycles. The van der Waals surface area contributed by atoms with E-state index in [1.807, 2.05) is 25.2 Å². The van der Waals surface area contributed by atoms with Crippen molar-refractivity contribution in [2.75, 3.05) is 13.7 Å². The molecular weight excluding hydrogens is 336 g/mol. The summed E-state index contributed by atoms with van der Waals surface area (Å²) in [5, 5.41) is 9.19. The Bertz CT molecular complexity index is 829. The molecule has 128 valence electrons. The summed E-state index contributed by atoms with van der Waals surface area (Å²) in [6.07, 6.45) is 3.09. The lowest BCUT2D eigenvalue weighted by atomic mass is 9.87. The van der Waals surface area contributed by atoms with Crippen LogP contribution in [0, 0.1) is 11.3 Å². The fourth-order valence-electron chi connectivity index (χ4n) is 3.23. The summed E-state index contributed by atoms with van der Waals surface area (Å²) in [6.45, 7) is -0.0826. The summed E-state index contributed by atoms with van der Waals surface area (Å²) < 4.78 is 5.57. The Morgan fingerprint density at radius 3 is 2.92 bits per heavy atom. The van der Waals surface area contributed by atoms with Crippen LogP contribution in [0.15, 0.2) is 42.5 Å². The van der Waals surface area contributed by atoms with E-state index < -0.39 is 0 Å². The molecule has 1 aliphatic carbocycles. The number of hydrogen-bond donors (Lipinski definition) is 0. The molecule has 0 saturated heterocycles. The molecular formula is C20H19ClN2O2. The van der Waals surface area contributed by atoms with Gasteiger partial charge in [0.05, 0.1) is 22.7 Å². The quantitative estimate of drug-likeness (QED) is 0.829. The standard InChI is InChI=1S/C20H19ClN2O2/c1-23(18-8-4-6-15-5-2-3-7-16(15)18)20(24)13-25-19-10-9-14(12-22)11-17(19)21/h2-3,5,7,9-11,18H,4,6,8,13H2,1H3. The van der Waals surface area contributed by atoms with Gasteiger partial charge in [-0.05, 0) is 48.6 Å². The molecule has 3 rings (SSSR count). The van der Waals surface area contributed by atoms with Crippen LogP contribution in [0.3, 0.4) is 0 Å². The highest BCUT2D eigenvalue weighted by Crippen LogP contribution is 2.33. The molecule has 25 heavy (non-hydrogen) atoms. The van der Waals surface area contributed by atoms with Crippen molar-refractivity contribution in [3.8, 4) is 11.8 Å². The summed E-state index contributed by atoms with van der Waals surface area (Å²) in [4.78, 5) is 14.3. The van der Waals surface area contributed by atoms with Gasteiger partial charge in [0.2, 0.25) is 0 Å². The van der Waals surface area contributed by atoms with E-state index in [9.17, 15) is 4.79 Å². The highest BCUT2D eigenvalue weighted by atomic mass is 35.5. The number of aryl methyl sites for hydroxylation is 1. The minimum Gasteiger partial charge on any atom is -0.482 e. The fourth-order valence-corrected chi connectivity index (χ4v) is 3.47. The number of nitrogens with zero attached hydrogens (tertiary/aromatic N) is 2. The Morgan fingerprint density at radius 2 is 2.16 bits per heavy atom. The third-order valence-corrected chi connectivity index (χ3v) is 4.91. The summed E-state index contributed by atoms with van der Waals surface area (Å²) >= 11 is 6.09.